The highest BCUT2D eigenvalue weighted by molar-refractivity contribution is 5.70. The van der Waals surface area contributed by atoms with Crippen molar-refractivity contribution in [1.29, 1.82) is 0 Å². The van der Waals surface area contributed by atoms with Gasteiger partial charge in [-0.1, -0.05) is 34.1 Å². The molecular formula is C17H26N4. The lowest BCUT2D eigenvalue weighted by molar-refractivity contribution is 0.491. The van der Waals surface area contributed by atoms with Crippen molar-refractivity contribution in [3.8, 4) is 11.3 Å². The maximum absolute atomic E-state index is 6.38. The van der Waals surface area contributed by atoms with E-state index in [9.17, 15) is 0 Å². The van der Waals surface area contributed by atoms with Crippen LogP contribution in [0.3, 0.4) is 0 Å². The van der Waals surface area contributed by atoms with E-state index >= 15 is 0 Å². The number of aryl methyl sites for hydroxylation is 1. The van der Waals surface area contributed by atoms with Crippen molar-refractivity contribution in [2.45, 2.75) is 59.4 Å². The maximum Gasteiger partial charge on any atom is 0.131 e. The van der Waals surface area contributed by atoms with E-state index in [1.807, 2.05) is 25.3 Å². The van der Waals surface area contributed by atoms with Gasteiger partial charge in [-0.2, -0.15) is 0 Å². The van der Waals surface area contributed by atoms with E-state index in [1.165, 1.54) is 0 Å². The smallest absolute Gasteiger partial charge is 0.131 e. The number of anilines is 1. The lowest BCUT2D eigenvalue weighted by Gasteiger charge is -2.20. The van der Waals surface area contributed by atoms with Gasteiger partial charge in [0.2, 0.25) is 0 Å². The fourth-order valence-corrected chi connectivity index (χ4v) is 2.40. The van der Waals surface area contributed by atoms with E-state index in [0.29, 0.717) is 0 Å². The minimum absolute atomic E-state index is 0.0295. The van der Waals surface area contributed by atoms with Crippen molar-refractivity contribution in [2.24, 2.45) is 0 Å². The number of pyridine rings is 1. The molecule has 2 aromatic rings. The van der Waals surface area contributed by atoms with E-state index < -0.39 is 0 Å². The predicted molar refractivity (Wildman–Crippen MR) is 88.2 cm³/mol. The zero-order valence-electron chi connectivity index (χ0n) is 13.8. The van der Waals surface area contributed by atoms with Gasteiger partial charge in [-0.05, 0) is 25.5 Å². The van der Waals surface area contributed by atoms with Crippen molar-refractivity contribution in [3.63, 3.8) is 0 Å². The van der Waals surface area contributed by atoms with Crippen LogP contribution in [0.2, 0.25) is 0 Å². The van der Waals surface area contributed by atoms with Crippen molar-refractivity contribution in [2.75, 3.05) is 5.73 Å². The lowest BCUT2D eigenvalue weighted by Crippen LogP contribution is -2.20. The topological polar surface area (TPSA) is 56.7 Å². The van der Waals surface area contributed by atoms with Crippen LogP contribution in [0.5, 0.6) is 0 Å². The van der Waals surface area contributed by atoms with Crippen LogP contribution in [0, 0.1) is 6.92 Å². The highest BCUT2D eigenvalue weighted by atomic mass is 15.2. The number of imidazole rings is 1. The second-order valence-corrected chi connectivity index (χ2v) is 6.61. The summed E-state index contributed by atoms with van der Waals surface area (Å²) in [6.07, 6.45) is 4.10. The third-order valence-corrected chi connectivity index (χ3v) is 3.60. The summed E-state index contributed by atoms with van der Waals surface area (Å²) < 4.78 is 2.17. The molecule has 0 radical (unpaired) electrons. The Kier molecular flexibility index (Phi) is 4.35. The minimum atomic E-state index is -0.0295. The van der Waals surface area contributed by atoms with Crippen molar-refractivity contribution in [1.82, 2.24) is 14.5 Å². The van der Waals surface area contributed by atoms with Gasteiger partial charge in [0, 0.05) is 29.4 Å². The number of nitrogens with two attached hydrogens (primary N) is 1. The summed E-state index contributed by atoms with van der Waals surface area (Å²) in [6.45, 7) is 11.6. The molecule has 0 spiro atoms. The summed E-state index contributed by atoms with van der Waals surface area (Å²) in [5, 5.41) is 0. The first-order valence-corrected chi connectivity index (χ1v) is 7.64. The van der Waals surface area contributed by atoms with Crippen LogP contribution in [0.25, 0.3) is 11.3 Å². The van der Waals surface area contributed by atoms with E-state index in [0.717, 1.165) is 48.0 Å². The molecule has 0 aliphatic heterocycles. The molecule has 0 aliphatic carbocycles. The number of hydrogen-bond acceptors (Lipinski definition) is 3. The molecule has 2 heterocycles. The molecule has 2 aromatic heterocycles. The molecular weight excluding hydrogens is 260 g/mol. The van der Waals surface area contributed by atoms with Crippen molar-refractivity contribution >= 4 is 5.82 Å². The van der Waals surface area contributed by atoms with E-state index in [1.54, 1.807) is 0 Å². The number of rotatable bonds is 4. The zero-order valence-corrected chi connectivity index (χ0v) is 13.8. The first-order chi connectivity index (χ1) is 9.84. The zero-order chi connectivity index (χ0) is 15.6. The van der Waals surface area contributed by atoms with Gasteiger partial charge in [0.05, 0.1) is 0 Å². The lowest BCUT2D eigenvalue weighted by atomic mass is 9.95. The molecule has 0 saturated carbocycles. The van der Waals surface area contributed by atoms with Crippen molar-refractivity contribution in [3.05, 3.63) is 29.8 Å². The summed E-state index contributed by atoms with van der Waals surface area (Å²) >= 11 is 0. The average molecular weight is 286 g/mol. The summed E-state index contributed by atoms with van der Waals surface area (Å²) in [6, 6.07) is 4.04. The maximum atomic E-state index is 6.38. The quantitative estimate of drug-likeness (QED) is 0.926. The Labute approximate surface area is 127 Å². The average Bonchev–Trinajstić information content (AvgIpc) is 2.74. The predicted octanol–water partition coefficient (Wildman–Crippen LogP) is 3.93. The number of hydrogen-bond donors (Lipinski definition) is 1. The molecule has 0 atom stereocenters. The van der Waals surface area contributed by atoms with Crippen LogP contribution in [0.15, 0.2) is 18.3 Å². The second kappa shape index (κ2) is 5.88. The van der Waals surface area contributed by atoms with Gasteiger partial charge in [0.25, 0.3) is 0 Å². The molecule has 21 heavy (non-hydrogen) atoms. The molecule has 0 saturated heterocycles. The molecule has 114 valence electrons. The van der Waals surface area contributed by atoms with Gasteiger partial charge in [0.1, 0.15) is 17.3 Å². The normalized spacial score (nSPS) is 11.9. The fourth-order valence-electron chi connectivity index (χ4n) is 2.40. The fraction of sp³-hybridized carbons (Fsp3) is 0.529. The Morgan fingerprint density at radius 2 is 1.95 bits per heavy atom. The molecule has 4 heteroatoms. The molecule has 0 aliphatic rings. The van der Waals surface area contributed by atoms with Crippen LogP contribution in [-0.2, 0) is 12.0 Å². The van der Waals surface area contributed by atoms with E-state index in [2.05, 4.69) is 37.2 Å². The Bertz CT molecular complexity index is 603. The summed E-state index contributed by atoms with van der Waals surface area (Å²) in [7, 11) is 0. The number of nitrogens with zero attached hydrogens (tertiary/aromatic N) is 3. The number of unbranched alkanes of at least 4 members (excludes halogenated alkanes) is 1. The Balaban J connectivity index is 2.52. The highest BCUT2D eigenvalue weighted by Gasteiger charge is 2.25. The summed E-state index contributed by atoms with van der Waals surface area (Å²) in [4.78, 5) is 9.19. The van der Waals surface area contributed by atoms with Gasteiger partial charge in [0.15, 0.2) is 0 Å². The third-order valence-electron chi connectivity index (χ3n) is 3.60. The summed E-state index contributed by atoms with van der Waals surface area (Å²) in [5.41, 5.74) is 9.19. The molecule has 2 rings (SSSR count). The SMILES string of the molecule is CCCCn1c(C(C)(C)C)nc(-c2ccc(C)nc2)c1N. The Hall–Kier alpha value is -1.84. The third kappa shape index (κ3) is 3.26. The largest absolute Gasteiger partial charge is 0.383 e. The molecule has 4 nitrogen and oxygen atoms in total. The Morgan fingerprint density at radius 1 is 1.24 bits per heavy atom. The van der Waals surface area contributed by atoms with Gasteiger partial charge >= 0.3 is 0 Å². The van der Waals surface area contributed by atoms with E-state index in [-0.39, 0.29) is 5.41 Å². The standard InChI is InChI=1S/C17H26N4/c1-6-7-10-21-15(18)14(20-16(21)17(3,4)5)13-9-8-12(2)19-11-13/h8-9,11H,6-7,10,18H2,1-5H3. The van der Waals surface area contributed by atoms with Crippen LogP contribution >= 0.6 is 0 Å². The van der Waals surface area contributed by atoms with Crippen LogP contribution in [-0.4, -0.2) is 14.5 Å². The van der Waals surface area contributed by atoms with Crippen LogP contribution in [0.4, 0.5) is 5.82 Å². The molecule has 0 unspecified atom stereocenters. The second-order valence-electron chi connectivity index (χ2n) is 6.61. The molecule has 0 amide bonds. The van der Waals surface area contributed by atoms with Crippen molar-refractivity contribution < 1.29 is 0 Å². The first-order valence-electron chi connectivity index (χ1n) is 7.64. The number of aromatic nitrogens is 3. The summed E-state index contributed by atoms with van der Waals surface area (Å²) in [5.74, 6) is 1.79. The molecule has 2 N–H and O–H groups in total. The van der Waals surface area contributed by atoms with Gasteiger partial charge in [-0.15, -0.1) is 0 Å². The van der Waals surface area contributed by atoms with Gasteiger partial charge in [-0.25, -0.2) is 4.98 Å². The molecule has 0 fully saturated rings. The molecule has 0 bridgehead atoms. The monoisotopic (exact) mass is 286 g/mol. The molecule has 0 aromatic carbocycles. The van der Waals surface area contributed by atoms with Gasteiger partial charge in [-0.3, -0.25) is 4.98 Å². The minimum Gasteiger partial charge on any atom is -0.383 e. The van der Waals surface area contributed by atoms with E-state index in [4.69, 9.17) is 10.7 Å². The van der Waals surface area contributed by atoms with Crippen LogP contribution < -0.4 is 5.73 Å². The van der Waals surface area contributed by atoms with Gasteiger partial charge < -0.3 is 10.3 Å². The Morgan fingerprint density at radius 3 is 2.48 bits per heavy atom. The number of nitrogen functional groups attached to an aromatic ring is 1. The van der Waals surface area contributed by atoms with Crippen LogP contribution in [0.1, 0.15) is 52.1 Å². The highest BCUT2D eigenvalue weighted by Crippen LogP contribution is 2.32. The first kappa shape index (κ1) is 15.5.